The van der Waals surface area contributed by atoms with Gasteiger partial charge >= 0.3 is 10.1 Å². The molecule has 4 rings (SSSR count). The lowest BCUT2D eigenvalue weighted by molar-refractivity contribution is 0.0933. The average Bonchev–Trinajstić information content (AvgIpc) is 2.73. The summed E-state index contributed by atoms with van der Waals surface area (Å²) >= 11 is 0. The second-order valence-electron chi connectivity index (χ2n) is 8.43. The van der Waals surface area contributed by atoms with Gasteiger partial charge in [-0.05, 0) is 61.7 Å². The van der Waals surface area contributed by atoms with Crippen LogP contribution in [0.1, 0.15) is 27.9 Å². The molecule has 1 amide bonds. The van der Waals surface area contributed by atoms with Crippen LogP contribution in [-0.4, -0.2) is 64.7 Å². The molecule has 7 nitrogen and oxygen atoms in total. The molecule has 1 atom stereocenters. The fourth-order valence-corrected chi connectivity index (χ4v) is 4.82. The average molecular weight is 444 g/mol. The monoisotopic (exact) mass is 443 g/mol. The summed E-state index contributed by atoms with van der Waals surface area (Å²) in [5.41, 5.74) is 4.37. The van der Waals surface area contributed by atoms with E-state index in [2.05, 4.69) is 40.4 Å². The zero-order chi connectivity index (χ0) is 22.0. The minimum absolute atomic E-state index is 0.0353. The molecule has 1 heterocycles. The number of hydrogen-bond donors (Lipinski definition) is 1. The Labute approximate surface area is 184 Å². The van der Waals surface area contributed by atoms with Crippen molar-refractivity contribution < 1.29 is 17.4 Å². The Morgan fingerprint density at radius 2 is 1.84 bits per heavy atom. The Balaban J connectivity index is 1.47. The van der Waals surface area contributed by atoms with Gasteiger partial charge in [-0.15, -0.1) is 0 Å². The highest BCUT2D eigenvalue weighted by molar-refractivity contribution is 7.86. The summed E-state index contributed by atoms with van der Waals surface area (Å²) in [6, 6.07) is 12.8. The van der Waals surface area contributed by atoms with E-state index in [1.165, 1.54) is 28.9 Å². The van der Waals surface area contributed by atoms with E-state index in [4.69, 9.17) is 4.18 Å². The van der Waals surface area contributed by atoms with E-state index in [0.29, 0.717) is 5.56 Å². The summed E-state index contributed by atoms with van der Waals surface area (Å²) in [5.74, 6) is -0.0778. The molecule has 1 saturated heterocycles. The van der Waals surface area contributed by atoms with Crippen LogP contribution < -0.4 is 14.4 Å². The number of nitrogens with zero attached hydrogens (tertiary/aromatic N) is 2. The van der Waals surface area contributed by atoms with Crippen LogP contribution in [0.25, 0.3) is 0 Å². The SMILES string of the molecule is CN1CCN(c2cccc3c2C[C@H](NC(=O)c2cccc(OS(C)(=O)=O)c2)CC3)CC1. The van der Waals surface area contributed by atoms with Crippen molar-refractivity contribution in [3.05, 3.63) is 59.2 Å². The van der Waals surface area contributed by atoms with Gasteiger partial charge < -0.3 is 19.3 Å². The van der Waals surface area contributed by atoms with Gasteiger partial charge in [0.2, 0.25) is 0 Å². The summed E-state index contributed by atoms with van der Waals surface area (Å²) in [4.78, 5) is 17.6. The molecule has 2 aromatic carbocycles. The lowest BCUT2D eigenvalue weighted by Crippen LogP contribution is -2.45. The first kappa shape index (κ1) is 21.6. The van der Waals surface area contributed by atoms with E-state index < -0.39 is 10.1 Å². The zero-order valence-electron chi connectivity index (χ0n) is 18.0. The van der Waals surface area contributed by atoms with Crippen LogP contribution >= 0.6 is 0 Å². The molecule has 31 heavy (non-hydrogen) atoms. The summed E-state index contributed by atoms with van der Waals surface area (Å²) in [7, 11) is -1.49. The smallest absolute Gasteiger partial charge is 0.306 e. The lowest BCUT2D eigenvalue weighted by Gasteiger charge is -2.37. The highest BCUT2D eigenvalue weighted by Gasteiger charge is 2.25. The normalized spacial score (nSPS) is 19.5. The Hall–Kier alpha value is -2.58. The Kier molecular flexibility index (Phi) is 6.20. The summed E-state index contributed by atoms with van der Waals surface area (Å²) in [5, 5.41) is 3.13. The second-order valence-corrected chi connectivity index (χ2v) is 10.0. The first-order chi connectivity index (χ1) is 14.8. The van der Waals surface area contributed by atoms with E-state index in [9.17, 15) is 13.2 Å². The number of aryl methyl sites for hydroxylation is 1. The van der Waals surface area contributed by atoms with Gasteiger partial charge in [0, 0.05) is 43.5 Å². The van der Waals surface area contributed by atoms with Gasteiger partial charge in [-0.25, -0.2) is 0 Å². The standard InChI is InChI=1S/C23H29N3O4S/c1-25-11-13-26(14-12-25)22-8-4-5-17-9-10-19(16-21(17)22)24-23(27)18-6-3-7-20(15-18)30-31(2,28)29/h3-8,15,19H,9-14,16H2,1-2H3,(H,24,27)/t19-/m1/s1. The van der Waals surface area contributed by atoms with Crippen molar-refractivity contribution in [2.24, 2.45) is 0 Å². The largest absolute Gasteiger partial charge is 0.383 e. The number of piperazine rings is 1. The fourth-order valence-electron chi connectivity index (χ4n) is 4.37. The number of carbonyl (C=O) groups excluding carboxylic acids is 1. The molecule has 0 unspecified atom stereocenters. The van der Waals surface area contributed by atoms with Gasteiger partial charge in [-0.2, -0.15) is 8.42 Å². The molecule has 0 spiro atoms. The Bertz CT molecular complexity index is 1060. The molecule has 1 aliphatic heterocycles. The number of benzene rings is 2. The molecule has 1 aliphatic carbocycles. The number of fused-ring (bicyclic) bond motifs is 1. The number of rotatable bonds is 5. The van der Waals surface area contributed by atoms with E-state index in [1.54, 1.807) is 12.1 Å². The van der Waals surface area contributed by atoms with Crippen molar-refractivity contribution in [2.75, 3.05) is 44.4 Å². The molecule has 0 radical (unpaired) electrons. The lowest BCUT2D eigenvalue weighted by atomic mass is 9.86. The maximum absolute atomic E-state index is 12.8. The van der Waals surface area contributed by atoms with Gasteiger partial charge in [0.25, 0.3) is 5.91 Å². The van der Waals surface area contributed by atoms with Crippen LogP contribution in [0, 0.1) is 0 Å². The fraction of sp³-hybridized carbons (Fsp3) is 0.435. The van der Waals surface area contributed by atoms with Crippen molar-refractivity contribution in [2.45, 2.75) is 25.3 Å². The van der Waals surface area contributed by atoms with Crippen LogP contribution in [0.15, 0.2) is 42.5 Å². The summed E-state index contributed by atoms with van der Waals surface area (Å²) in [6.07, 6.45) is 3.59. The van der Waals surface area contributed by atoms with Crippen LogP contribution in [0.3, 0.4) is 0 Å². The first-order valence-electron chi connectivity index (χ1n) is 10.6. The number of nitrogens with one attached hydrogen (secondary N) is 1. The van der Waals surface area contributed by atoms with Crippen molar-refractivity contribution >= 4 is 21.7 Å². The topological polar surface area (TPSA) is 79.0 Å². The molecule has 1 fully saturated rings. The molecule has 166 valence electrons. The number of hydrogen-bond acceptors (Lipinski definition) is 6. The van der Waals surface area contributed by atoms with Gasteiger partial charge in [0.15, 0.2) is 0 Å². The van der Waals surface area contributed by atoms with Crippen molar-refractivity contribution in [3.8, 4) is 5.75 Å². The maximum Gasteiger partial charge on any atom is 0.306 e. The quantitative estimate of drug-likeness (QED) is 0.713. The molecule has 2 aliphatic rings. The molecule has 1 N–H and O–H groups in total. The highest BCUT2D eigenvalue weighted by Crippen LogP contribution is 2.31. The molecule has 0 aromatic heterocycles. The molecular formula is C23H29N3O4S. The Morgan fingerprint density at radius 3 is 2.58 bits per heavy atom. The van der Waals surface area contributed by atoms with Crippen molar-refractivity contribution in [1.82, 2.24) is 10.2 Å². The summed E-state index contributed by atoms with van der Waals surface area (Å²) in [6.45, 7) is 4.12. The Morgan fingerprint density at radius 1 is 1.10 bits per heavy atom. The van der Waals surface area contributed by atoms with E-state index >= 15 is 0 Å². The molecular weight excluding hydrogens is 414 g/mol. The third-order valence-electron chi connectivity index (χ3n) is 5.98. The molecule has 2 aromatic rings. The minimum atomic E-state index is -3.64. The van der Waals surface area contributed by atoms with Gasteiger partial charge in [-0.1, -0.05) is 18.2 Å². The maximum atomic E-state index is 12.8. The molecule has 0 saturated carbocycles. The van der Waals surface area contributed by atoms with Crippen LogP contribution in [0.5, 0.6) is 5.75 Å². The second kappa shape index (κ2) is 8.88. The van der Waals surface area contributed by atoms with Gasteiger partial charge in [0.05, 0.1) is 6.26 Å². The highest BCUT2D eigenvalue weighted by atomic mass is 32.2. The first-order valence-corrected chi connectivity index (χ1v) is 12.4. The van der Waals surface area contributed by atoms with Gasteiger partial charge in [0.1, 0.15) is 5.75 Å². The molecule has 8 heteroatoms. The van der Waals surface area contributed by atoms with Crippen molar-refractivity contribution in [1.29, 1.82) is 0 Å². The third kappa shape index (κ3) is 5.37. The predicted octanol–water partition coefficient (Wildman–Crippen LogP) is 2.06. The van der Waals surface area contributed by atoms with Crippen LogP contribution in [0.4, 0.5) is 5.69 Å². The number of likely N-dealkylation sites (N-methyl/N-ethyl adjacent to an activating group) is 1. The van der Waals surface area contributed by atoms with Crippen LogP contribution in [0.2, 0.25) is 0 Å². The van der Waals surface area contributed by atoms with E-state index in [1.807, 2.05) is 0 Å². The van der Waals surface area contributed by atoms with Crippen LogP contribution in [-0.2, 0) is 23.0 Å². The van der Waals surface area contributed by atoms with E-state index in [-0.39, 0.29) is 17.7 Å². The van der Waals surface area contributed by atoms with E-state index in [0.717, 1.165) is 51.7 Å². The van der Waals surface area contributed by atoms with Gasteiger partial charge in [-0.3, -0.25) is 4.79 Å². The number of anilines is 1. The van der Waals surface area contributed by atoms with Crippen molar-refractivity contribution in [3.63, 3.8) is 0 Å². The third-order valence-corrected chi connectivity index (χ3v) is 6.48. The molecule has 0 bridgehead atoms. The summed E-state index contributed by atoms with van der Waals surface area (Å²) < 4.78 is 27.6. The number of amides is 1. The predicted molar refractivity (Wildman–Crippen MR) is 121 cm³/mol. The number of carbonyl (C=O) groups is 1. The zero-order valence-corrected chi connectivity index (χ0v) is 18.8. The minimum Gasteiger partial charge on any atom is -0.383 e.